The van der Waals surface area contributed by atoms with Crippen molar-refractivity contribution in [2.24, 2.45) is 11.6 Å². The molecule has 0 aromatic heterocycles. The first-order chi connectivity index (χ1) is 10.6. The van der Waals surface area contributed by atoms with Gasteiger partial charge in [0.25, 0.3) is 5.91 Å². The van der Waals surface area contributed by atoms with Gasteiger partial charge in [-0.05, 0) is 48.5 Å². The van der Waals surface area contributed by atoms with Gasteiger partial charge < -0.3 is 15.2 Å². The average molecular weight is 301 g/mol. The van der Waals surface area contributed by atoms with Crippen molar-refractivity contribution in [3.63, 3.8) is 0 Å². The molecule has 2 aromatic carbocycles. The Hall–Kier alpha value is -3.06. The van der Waals surface area contributed by atoms with E-state index in [2.05, 4.69) is 0 Å². The lowest BCUT2D eigenvalue weighted by atomic mass is 10.2. The molecule has 0 saturated heterocycles. The Kier molecular flexibility index (Phi) is 4.94. The molecule has 0 aliphatic carbocycles. The van der Waals surface area contributed by atoms with Crippen LogP contribution in [0.5, 0.6) is 11.5 Å². The normalized spacial score (nSPS) is 9.86. The van der Waals surface area contributed by atoms with Gasteiger partial charge in [0, 0.05) is 11.1 Å². The van der Waals surface area contributed by atoms with E-state index in [1.807, 2.05) is 5.43 Å². The van der Waals surface area contributed by atoms with Crippen LogP contribution in [0, 0.1) is 0 Å². The Morgan fingerprint density at radius 1 is 0.864 bits per heavy atom. The minimum absolute atomic E-state index is 0.0155. The van der Waals surface area contributed by atoms with Gasteiger partial charge >= 0.3 is 0 Å². The van der Waals surface area contributed by atoms with Crippen molar-refractivity contribution >= 4 is 11.8 Å². The third kappa shape index (κ3) is 3.97. The summed E-state index contributed by atoms with van der Waals surface area (Å²) in [6.45, 7) is -0.0155. The smallest absolute Gasteiger partial charge is 0.265 e. The molecule has 0 heterocycles. The summed E-state index contributed by atoms with van der Waals surface area (Å²) in [7, 11) is 0. The molecule has 2 amide bonds. The highest BCUT2D eigenvalue weighted by Gasteiger charge is 2.03. The fourth-order valence-corrected chi connectivity index (χ4v) is 1.67. The SMILES string of the molecule is NNC(=O)c1ccc(OCOc2ccc(C(N)=O)cc2)cc1. The van der Waals surface area contributed by atoms with Gasteiger partial charge in [-0.3, -0.25) is 15.0 Å². The zero-order chi connectivity index (χ0) is 15.9. The van der Waals surface area contributed by atoms with Gasteiger partial charge in [0.2, 0.25) is 12.7 Å². The van der Waals surface area contributed by atoms with Crippen LogP contribution in [-0.2, 0) is 0 Å². The van der Waals surface area contributed by atoms with E-state index in [1.165, 1.54) is 0 Å². The van der Waals surface area contributed by atoms with Gasteiger partial charge in [-0.1, -0.05) is 0 Å². The molecule has 5 N–H and O–H groups in total. The Morgan fingerprint density at radius 3 is 1.73 bits per heavy atom. The first-order valence-corrected chi connectivity index (χ1v) is 6.36. The Balaban J connectivity index is 1.85. The van der Waals surface area contributed by atoms with Gasteiger partial charge in [-0.25, -0.2) is 5.84 Å². The van der Waals surface area contributed by atoms with Crippen LogP contribution >= 0.6 is 0 Å². The number of nitrogens with one attached hydrogen (secondary N) is 1. The van der Waals surface area contributed by atoms with Gasteiger partial charge in [0.1, 0.15) is 11.5 Å². The highest BCUT2D eigenvalue weighted by molar-refractivity contribution is 5.93. The minimum Gasteiger partial charge on any atom is -0.458 e. The van der Waals surface area contributed by atoms with Crippen LogP contribution in [0.25, 0.3) is 0 Å². The first kappa shape index (κ1) is 15.3. The van der Waals surface area contributed by atoms with E-state index in [-0.39, 0.29) is 12.7 Å². The molecule has 0 bridgehead atoms. The van der Waals surface area contributed by atoms with Crippen LogP contribution in [0.2, 0.25) is 0 Å². The number of hydrogen-bond donors (Lipinski definition) is 3. The first-order valence-electron chi connectivity index (χ1n) is 6.36. The maximum Gasteiger partial charge on any atom is 0.265 e. The Morgan fingerprint density at radius 2 is 1.32 bits per heavy atom. The van der Waals surface area contributed by atoms with Gasteiger partial charge in [-0.15, -0.1) is 0 Å². The molecule has 2 aromatic rings. The van der Waals surface area contributed by atoms with Crippen molar-refractivity contribution < 1.29 is 19.1 Å². The second-order valence-corrected chi connectivity index (χ2v) is 4.29. The molecule has 7 nitrogen and oxygen atoms in total. The molecule has 0 atom stereocenters. The molecule has 2 rings (SSSR count). The maximum atomic E-state index is 11.3. The number of carbonyl (C=O) groups is 2. The summed E-state index contributed by atoms with van der Waals surface area (Å²) in [5.41, 5.74) is 8.02. The van der Waals surface area contributed by atoms with Crippen LogP contribution < -0.4 is 26.5 Å². The second-order valence-electron chi connectivity index (χ2n) is 4.29. The number of nitrogens with two attached hydrogens (primary N) is 2. The van der Waals surface area contributed by atoms with Gasteiger partial charge in [0.15, 0.2) is 0 Å². The zero-order valence-electron chi connectivity index (χ0n) is 11.6. The molecule has 7 heteroatoms. The van der Waals surface area contributed by atoms with Crippen molar-refractivity contribution in [1.29, 1.82) is 0 Å². The van der Waals surface area contributed by atoms with Crippen LogP contribution in [0.1, 0.15) is 20.7 Å². The third-order valence-corrected chi connectivity index (χ3v) is 2.84. The van der Waals surface area contributed by atoms with Crippen molar-refractivity contribution in [3.8, 4) is 11.5 Å². The second kappa shape index (κ2) is 7.09. The predicted octanol–water partition coefficient (Wildman–Crippen LogP) is 0.804. The summed E-state index contributed by atoms with van der Waals surface area (Å²) in [5.74, 6) is 5.25. The van der Waals surface area contributed by atoms with Crippen molar-refractivity contribution in [2.75, 3.05) is 6.79 Å². The average Bonchev–Trinajstić information content (AvgIpc) is 2.55. The van der Waals surface area contributed by atoms with E-state index in [0.29, 0.717) is 22.6 Å². The number of hydrogen-bond acceptors (Lipinski definition) is 5. The van der Waals surface area contributed by atoms with E-state index >= 15 is 0 Å². The van der Waals surface area contributed by atoms with Crippen LogP contribution in [0.15, 0.2) is 48.5 Å². The minimum atomic E-state index is -0.496. The molecule has 0 fully saturated rings. The topological polar surface area (TPSA) is 117 Å². The quantitative estimate of drug-likeness (QED) is 0.316. The van der Waals surface area contributed by atoms with E-state index in [0.717, 1.165) is 0 Å². The number of ether oxygens (including phenoxy) is 2. The highest BCUT2D eigenvalue weighted by Crippen LogP contribution is 2.14. The molecular weight excluding hydrogens is 286 g/mol. The maximum absolute atomic E-state index is 11.3. The zero-order valence-corrected chi connectivity index (χ0v) is 11.6. The molecule has 0 radical (unpaired) electrons. The Bertz CT molecular complexity index is 653. The third-order valence-electron chi connectivity index (χ3n) is 2.84. The van der Waals surface area contributed by atoms with Crippen LogP contribution in [0.4, 0.5) is 0 Å². The monoisotopic (exact) mass is 301 g/mol. The number of carbonyl (C=O) groups excluding carboxylic acids is 2. The summed E-state index contributed by atoms with van der Waals surface area (Å²) in [4.78, 5) is 22.2. The molecule has 22 heavy (non-hydrogen) atoms. The molecule has 0 spiro atoms. The fourth-order valence-electron chi connectivity index (χ4n) is 1.67. The lowest BCUT2D eigenvalue weighted by Gasteiger charge is -2.09. The summed E-state index contributed by atoms with van der Waals surface area (Å²) in [6, 6.07) is 12.8. The summed E-state index contributed by atoms with van der Waals surface area (Å²) in [6.07, 6.45) is 0. The summed E-state index contributed by atoms with van der Waals surface area (Å²) in [5, 5.41) is 0. The van der Waals surface area contributed by atoms with E-state index < -0.39 is 5.91 Å². The van der Waals surface area contributed by atoms with Gasteiger partial charge in [0.05, 0.1) is 0 Å². The molecule has 0 saturated carbocycles. The molecule has 0 aliphatic rings. The molecular formula is C15H15N3O4. The van der Waals surface area contributed by atoms with Crippen molar-refractivity contribution in [2.45, 2.75) is 0 Å². The highest BCUT2D eigenvalue weighted by atomic mass is 16.7. The summed E-state index contributed by atoms with van der Waals surface area (Å²) >= 11 is 0. The van der Waals surface area contributed by atoms with Crippen LogP contribution in [0.3, 0.4) is 0 Å². The molecule has 0 unspecified atom stereocenters. The lowest BCUT2D eigenvalue weighted by Crippen LogP contribution is -2.29. The van der Waals surface area contributed by atoms with E-state index in [4.69, 9.17) is 21.1 Å². The number of amides is 2. The molecule has 0 aliphatic heterocycles. The van der Waals surface area contributed by atoms with E-state index in [9.17, 15) is 9.59 Å². The summed E-state index contributed by atoms with van der Waals surface area (Å²) < 4.78 is 10.7. The number of primary amides is 1. The number of rotatable bonds is 6. The van der Waals surface area contributed by atoms with Crippen LogP contribution in [-0.4, -0.2) is 18.6 Å². The van der Waals surface area contributed by atoms with E-state index in [1.54, 1.807) is 48.5 Å². The number of benzene rings is 2. The lowest BCUT2D eigenvalue weighted by molar-refractivity contribution is 0.0952. The van der Waals surface area contributed by atoms with Gasteiger partial charge in [-0.2, -0.15) is 0 Å². The number of nitrogen functional groups attached to an aromatic ring is 1. The molecule has 114 valence electrons. The fraction of sp³-hybridized carbons (Fsp3) is 0.0667. The predicted molar refractivity (Wildman–Crippen MR) is 79.2 cm³/mol. The Labute approximate surface area is 126 Å². The standard InChI is InChI=1S/C15H15N3O4/c16-14(19)10-1-5-12(6-2-10)21-9-22-13-7-3-11(4-8-13)15(20)18-17/h1-8H,9,17H2,(H2,16,19)(H,18,20). The van der Waals surface area contributed by atoms with Crippen molar-refractivity contribution in [1.82, 2.24) is 5.43 Å². The number of hydrazine groups is 1. The van der Waals surface area contributed by atoms with Crippen molar-refractivity contribution in [3.05, 3.63) is 59.7 Å². The largest absolute Gasteiger partial charge is 0.458 e.